The summed E-state index contributed by atoms with van der Waals surface area (Å²) in [5.41, 5.74) is 5.70. The van der Waals surface area contributed by atoms with Gasteiger partial charge in [-0.15, -0.1) is 12.4 Å². The Morgan fingerprint density at radius 1 is 1.21 bits per heavy atom. The van der Waals surface area contributed by atoms with Gasteiger partial charge in [0.15, 0.2) is 5.82 Å². The average molecular weight is 294 g/mol. The molecule has 1 aromatic heterocycles. The van der Waals surface area contributed by atoms with Crippen LogP contribution in [0, 0.1) is 0 Å². The summed E-state index contributed by atoms with van der Waals surface area (Å²) < 4.78 is 31.4. The topological polar surface area (TPSA) is 64.9 Å². The third-order valence-electron chi connectivity index (χ3n) is 4.14. The number of hydrogen-bond donors (Lipinski definition) is 1. The fourth-order valence-corrected chi connectivity index (χ4v) is 2.99. The molecule has 2 aliphatic rings. The van der Waals surface area contributed by atoms with E-state index in [1.807, 2.05) is 0 Å². The lowest BCUT2D eigenvalue weighted by Crippen LogP contribution is -2.34. The summed E-state index contributed by atoms with van der Waals surface area (Å²) >= 11 is 0. The molecule has 1 heterocycles. The maximum Gasteiger partial charge on any atom is 0.248 e. The second-order valence-electron chi connectivity index (χ2n) is 5.62. The molecular formula is C12H18ClF2N3O. The van der Waals surface area contributed by atoms with Crippen LogP contribution in [0.3, 0.4) is 0 Å². The van der Waals surface area contributed by atoms with Crippen LogP contribution in [0.25, 0.3) is 0 Å². The molecular weight excluding hydrogens is 276 g/mol. The normalized spacial score (nSPS) is 28.3. The molecule has 4 nitrogen and oxygen atoms in total. The second-order valence-corrected chi connectivity index (χ2v) is 5.62. The fourth-order valence-electron chi connectivity index (χ4n) is 2.99. The van der Waals surface area contributed by atoms with Gasteiger partial charge in [-0.1, -0.05) is 18.0 Å². The molecule has 0 spiro atoms. The number of aromatic nitrogens is 2. The van der Waals surface area contributed by atoms with Gasteiger partial charge in [0, 0.05) is 18.8 Å². The summed E-state index contributed by atoms with van der Waals surface area (Å²) in [7, 11) is 0. The lowest BCUT2D eigenvalue weighted by atomic mass is 9.98. The zero-order chi connectivity index (χ0) is 12.8. The molecule has 1 aromatic rings. The van der Waals surface area contributed by atoms with Crippen LogP contribution in [0.15, 0.2) is 4.52 Å². The van der Waals surface area contributed by atoms with Crippen molar-refractivity contribution in [2.75, 3.05) is 0 Å². The molecule has 0 bridgehead atoms. The molecule has 2 fully saturated rings. The van der Waals surface area contributed by atoms with E-state index in [9.17, 15) is 8.78 Å². The quantitative estimate of drug-likeness (QED) is 0.910. The number of rotatable bonds is 2. The van der Waals surface area contributed by atoms with Crippen molar-refractivity contribution in [2.45, 2.75) is 62.3 Å². The molecule has 0 saturated heterocycles. The van der Waals surface area contributed by atoms with E-state index in [4.69, 9.17) is 10.3 Å². The van der Waals surface area contributed by atoms with Crippen molar-refractivity contribution in [1.29, 1.82) is 0 Å². The summed E-state index contributed by atoms with van der Waals surface area (Å²) in [6.45, 7) is 0. The number of hydrogen-bond acceptors (Lipinski definition) is 4. The first-order valence-corrected chi connectivity index (χ1v) is 6.49. The minimum atomic E-state index is -2.59. The zero-order valence-corrected chi connectivity index (χ0v) is 11.4. The first kappa shape index (κ1) is 14.7. The van der Waals surface area contributed by atoms with Crippen molar-refractivity contribution < 1.29 is 13.3 Å². The molecule has 0 aromatic carbocycles. The van der Waals surface area contributed by atoms with Crippen molar-refractivity contribution in [1.82, 2.24) is 10.1 Å². The van der Waals surface area contributed by atoms with E-state index >= 15 is 0 Å². The van der Waals surface area contributed by atoms with Gasteiger partial charge in [0.25, 0.3) is 0 Å². The Morgan fingerprint density at radius 2 is 1.89 bits per heavy atom. The number of halogens is 3. The molecule has 7 heteroatoms. The van der Waals surface area contributed by atoms with E-state index in [0.717, 1.165) is 25.7 Å². The van der Waals surface area contributed by atoms with E-state index in [0.29, 0.717) is 18.1 Å². The van der Waals surface area contributed by atoms with Crippen LogP contribution in [0.4, 0.5) is 8.78 Å². The summed E-state index contributed by atoms with van der Waals surface area (Å²) in [6.07, 6.45) is 3.92. The fraction of sp³-hybridized carbons (Fsp3) is 0.833. The van der Waals surface area contributed by atoms with Gasteiger partial charge in [-0.25, -0.2) is 8.78 Å². The van der Waals surface area contributed by atoms with Gasteiger partial charge in [-0.2, -0.15) is 4.98 Å². The number of nitrogens with zero attached hydrogens (tertiary/aromatic N) is 2. The molecule has 1 unspecified atom stereocenters. The molecule has 0 amide bonds. The predicted octanol–water partition coefficient (Wildman–Crippen LogP) is 3.12. The maximum atomic E-state index is 13.1. The Hall–Kier alpha value is -0.750. The van der Waals surface area contributed by atoms with Crippen molar-refractivity contribution in [3.63, 3.8) is 0 Å². The monoisotopic (exact) mass is 293 g/mol. The van der Waals surface area contributed by atoms with E-state index in [1.165, 1.54) is 0 Å². The van der Waals surface area contributed by atoms with Crippen LogP contribution < -0.4 is 5.73 Å². The van der Waals surface area contributed by atoms with Gasteiger partial charge in [0.1, 0.15) is 0 Å². The highest BCUT2D eigenvalue weighted by molar-refractivity contribution is 5.85. The van der Waals surface area contributed by atoms with E-state index in [2.05, 4.69) is 10.1 Å². The lowest BCUT2D eigenvalue weighted by Gasteiger charge is -2.17. The van der Waals surface area contributed by atoms with Crippen LogP contribution in [0.1, 0.15) is 62.6 Å². The third kappa shape index (κ3) is 2.74. The van der Waals surface area contributed by atoms with Crippen LogP contribution >= 0.6 is 12.4 Å². The largest absolute Gasteiger partial charge is 0.339 e. The van der Waals surface area contributed by atoms with Gasteiger partial charge >= 0.3 is 0 Å². The SMILES string of the molecule is Cl.NC1(c2noc(C3CCC(F)(F)C3)n2)CCCC1. The summed E-state index contributed by atoms with van der Waals surface area (Å²) in [4.78, 5) is 4.28. The highest BCUT2D eigenvalue weighted by Crippen LogP contribution is 2.44. The van der Waals surface area contributed by atoms with Gasteiger partial charge < -0.3 is 10.3 Å². The molecule has 2 saturated carbocycles. The van der Waals surface area contributed by atoms with Gasteiger partial charge in [-0.05, 0) is 19.3 Å². The van der Waals surface area contributed by atoms with E-state index in [1.54, 1.807) is 0 Å². The van der Waals surface area contributed by atoms with Crippen LogP contribution in [0.5, 0.6) is 0 Å². The Morgan fingerprint density at radius 3 is 2.47 bits per heavy atom. The van der Waals surface area contributed by atoms with E-state index in [-0.39, 0.29) is 31.2 Å². The van der Waals surface area contributed by atoms with Crippen LogP contribution in [-0.2, 0) is 5.54 Å². The van der Waals surface area contributed by atoms with Crippen LogP contribution in [-0.4, -0.2) is 16.1 Å². The molecule has 3 rings (SSSR count). The summed E-state index contributed by atoms with van der Waals surface area (Å²) in [5.74, 6) is -2.08. The van der Waals surface area contributed by atoms with E-state index < -0.39 is 11.5 Å². The number of alkyl halides is 2. The third-order valence-corrected chi connectivity index (χ3v) is 4.14. The van der Waals surface area contributed by atoms with Crippen molar-refractivity contribution in [3.8, 4) is 0 Å². The number of nitrogens with two attached hydrogens (primary N) is 1. The minimum absolute atomic E-state index is 0. The minimum Gasteiger partial charge on any atom is -0.339 e. The highest BCUT2D eigenvalue weighted by Gasteiger charge is 2.43. The first-order valence-electron chi connectivity index (χ1n) is 6.49. The molecule has 19 heavy (non-hydrogen) atoms. The van der Waals surface area contributed by atoms with Crippen molar-refractivity contribution >= 4 is 12.4 Å². The van der Waals surface area contributed by atoms with Crippen LogP contribution in [0.2, 0.25) is 0 Å². The molecule has 2 N–H and O–H groups in total. The molecule has 2 aliphatic carbocycles. The highest BCUT2D eigenvalue weighted by atomic mass is 35.5. The summed E-state index contributed by atoms with van der Waals surface area (Å²) in [6, 6.07) is 0. The maximum absolute atomic E-state index is 13.1. The Balaban J connectivity index is 0.00000133. The van der Waals surface area contributed by atoms with Gasteiger partial charge in [-0.3, -0.25) is 0 Å². The van der Waals surface area contributed by atoms with Gasteiger partial charge in [0.05, 0.1) is 5.54 Å². The molecule has 108 valence electrons. The summed E-state index contributed by atoms with van der Waals surface area (Å²) in [5, 5.41) is 3.91. The molecule has 1 atom stereocenters. The molecule has 0 radical (unpaired) electrons. The Labute approximate surface area is 116 Å². The Kier molecular flexibility index (Phi) is 3.84. The zero-order valence-electron chi connectivity index (χ0n) is 10.6. The second kappa shape index (κ2) is 4.98. The van der Waals surface area contributed by atoms with Crippen molar-refractivity contribution in [2.24, 2.45) is 5.73 Å². The average Bonchev–Trinajstić information content (AvgIpc) is 2.97. The lowest BCUT2D eigenvalue weighted by molar-refractivity contribution is 0.00690. The first-order chi connectivity index (χ1) is 8.49. The van der Waals surface area contributed by atoms with Gasteiger partial charge in [0.2, 0.25) is 11.8 Å². The molecule has 0 aliphatic heterocycles. The van der Waals surface area contributed by atoms with Crippen molar-refractivity contribution in [3.05, 3.63) is 11.7 Å². The predicted molar refractivity (Wildman–Crippen MR) is 67.4 cm³/mol. The Bertz CT molecular complexity index is 446. The standard InChI is InChI=1S/C12H17F2N3O.ClH/c13-12(14)6-3-8(7-12)9-16-10(17-18-9)11(15)4-1-2-5-11;/h8H,1-7,15H2;1H. The smallest absolute Gasteiger partial charge is 0.248 e.